The average Bonchev–Trinajstić information content (AvgIpc) is 2.41. The average molecular weight is 236 g/mol. The van der Waals surface area contributed by atoms with E-state index in [4.69, 9.17) is 29.2 Å². The van der Waals surface area contributed by atoms with E-state index in [1.165, 1.54) is 0 Å². The molecule has 2 N–H and O–H groups in total. The zero-order valence-electron chi connectivity index (χ0n) is 9.34. The third-order valence-corrected chi connectivity index (χ3v) is 2.18. The molecule has 0 aromatic carbocycles. The fourth-order valence-corrected chi connectivity index (χ4v) is 1.28. The van der Waals surface area contributed by atoms with E-state index in [1.807, 2.05) is 0 Å². The second-order valence-corrected chi connectivity index (χ2v) is 3.50. The number of aliphatic hydroxyl groups excluding tert-OH is 2. The van der Waals surface area contributed by atoms with E-state index in [9.17, 15) is 0 Å². The highest BCUT2D eigenvalue weighted by Crippen LogP contribution is 1.98. The summed E-state index contributed by atoms with van der Waals surface area (Å²) < 4.78 is 20.1. The fourth-order valence-electron chi connectivity index (χ4n) is 1.28. The first-order valence-corrected chi connectivity index (χ1v) is 5.47. The molecule has 0 amide bonds. The van der Waals surface area contributed by atoms with Crippen molar-refractivity contribution in [1.82, 2.24) is 0 Å². The molecule has 0 spiro atoms. The van der Waals surface area contributed by atoms with Crippen molar-refractivity contribution in [3.63, 3.8) is 0 Å². The molecule has 0 saturated carbocycles. The van der Waals surface area contributed by atoms with Gasteiger partial charge < -0.3 is 29.2 Å². The minimum absolute atomic E-state index is 0.0694. The Morgan fingerprint density at radius 1 is 0.750 bits per heavy atom. The van der Waals surface area contributed by atoms with Crippen LogP contribution in [0.4, 0.5) is 0 Å². The maximum Gasteiger partial charge on any atom is 0.104 e. The standard InChI is InChI=1S/2C5H10O3/c2*6-3-5-4-7-1-2-8-5/h2*5-6H,1-4H2. The van der Waals surface area contributed by atoms with Crippen LogP contribution in [0.2, 0.25) is 0 Å². The molecule has 2 unspecified atom stereocenters. The van der Waals surface area contributed by atoms with Crippen LogP contribution in [0.25, 0.3) is 0 Å². The normalized spacial score (nSPS) is 30.4. The second kappa shape index (κ2) is 8.86. The fraction of sp³-hybridized carbons (Fsp3) is 1.00. The summed E-state index contributed by atoms with van der Waals surface area (Å²) in [5.74, 6) is 0. The van der Waals surface area contributed by atoms with Crippen LogP contribution >= 0.6 is 0 Å². The first-order valence-electron chi connectivity index (χ1n) is 5.47. The molecule has 96 valence electrons. The minimum Gasteiger partial charge on any atom is -0.394 e. The van der Waals surface area contributed by atoms with E-state index >= 15 is 0 Å². The highest BCUT2D eigenvalue weighted by molar-refractivity contribution is 4.57. The third-order valence-electron chi connectivity index (χ3n) is 2.18. The van der Waals surface area contributed by atoms with E-state index in [0.29, 0.717) is 39.6 Å². The second-order valence-electron chi connectivity index (χ2n) is 3.50. The molecule has 6 heteroatoms. The first-order chi connectivity index (χ1) is 7.86. The van der Waals surface area contributed by atoms with Gasteiger partial charge in [-0.1, -0.05) is 0 Å². The van der Waals surface area contributed by atoms with Crippen molar-refractivity contribution in [2.75, 3.05) is 52.9 Å². The molecular weight excluding hydrogens is 216 g/mol. The van der Waals surface area contributed by atoms with Crippen LogP contribution < -0.4 is 0 Å². The van der Waals surface area contributed by atoms with Crippen LogP contribution in [0.3, 0.4) is 0 Å². The van der Waals surface area contributed by atoms with Gasteiger partial charge in [-0.2, -0.15) is 0 Å². The summed E-state index contributed by atoms with van der Waals surface area (Å²) in [5.41, 5.74) is 0. The summed E-state index contributed by atoms with van der Waals surface area (Å²) in [4.78, 5) is 0. The summed E-state index contributed by atoms with van der Waals surface area (Å²) >= 11 is 0. The summed E-state index contributed by atoms with van der Waals surface area (Å²) in [5, 5.41) is 17.0. The van der Waals surface area contributed by atoms with Crippen LogP contribution in [-0.4, -0.2) is 75.3 Å². The molecule has 16 heavy (non-hydrogen) atoms. The van der Waals surface area contributed by atoms with Gasteiger partial charge in [-0.25, -0.2) is 0 Å². The molecule has 2 heterocycles. The van der Waals surface area contributed by atoms with Gasteiger partial charge in [0.25, 0.3) is 0 Å². The van der Waals surface area contributed by atoms with E-state index in [1.54, 1.807) is 0 Å². The Morgan fingerprint density at radius 3 is 1.38 bits per heavy atom. The Hall–Kier alpha value is -0.240. The van der Waals surface area contributed by atoms with Crippen LogP contribution in [0.1, 0.15) is 0 Å². The molecule has 0 aliphatic carbocycles. The minimum atomic E-state index is -0.0799. The molecule has 6 nitrogen and oxygen atoms in total. The summed E-state index contributed by atoms with van der Waals surface area (Å²) in [6.45, 7) is 3.77. The summed E-state index contributed by atoms with van der Waals surface area (Å²) in [6, 6.07) is 0. The maximum atomic E-state index is 8.49. The highest BCUT2D eigenvalue weighted by Gasteiger charge is 2.12. The lowest BCUT2D eigenvalue weighted by Gasteiger charge is -2.20. The van der Waals surface area contributed by atoms with Crippen molar-refractivity contribution in [3.05, 3.63) is 0 Å². The number of aliphatic hydroxyl groups is 2. The molecule has 2 saturated heterocycles. The van der Waals surface area contributed by atoms with E-state index in [2.05, 4.69) is 0 Å². The first kappa shape index (κ1) is 13.8. The predicted molar refractivity (Wildman–Crippen MR) is 55.3 cm³/mol. The van der Waals surface area contributed by atoms with Crippen LogP contribution in [0, 0.1) is 0 Å². The molecule has 0 radical (unpaired) electrons. The molecule has 2 rings (SSSR count). The van der Waals surface area contributed by atoms with Crippen molar-refractivity contribution < 1.29 is 29.2 Å². The van der Waals surface area contributed by atoms with Crippen molar-refractivity contribution in [3.8, 4) is 0 Å². The lowest BCUT2D eigenvalue weighted by atomic mass is 10.4. The van der Waals surface area contributed by atoms with Gasteiger partial charge in [0.2, 0.25) is 0 Å². The molecule has 2 atom stereocenters. The number of rotatable bonds is 2. The molecule has 2 fully saturated rings. The summed E-state index contributed by atoms with van der Waals surface area (Å²) in [7, 11) is 0. The van der Waals surface area contributed by atoms with E-state index in [0.717, 1.165) is 0 Å². The number of hydrogen-bond acceptors (Lipinski definition) is 6. The van der Waals surface area contributed by atoms with Gasteiger partial charge in [0, 0.05) is 0 Å². The number of hydrogen-bond donors (Lipinski definition) is 2. The monoisotopic (exact) mass is 236 g/mol. The topological polar surface area (TPSA) is 77.4 Å². The van der Waals surface area contributed by atoms with Gasteiger partial charge in [0.1, 0.15) is 12.2 Å². The van der Waals surface area contributed by atoms with E-state index in [-0.39, 0.29) is 25.4 Å². The predicted octanol–water partition coefficient (Wildman–Crippen LogP) is -1.21. The van der Waals surface area contributed by atoms with E-state index < -0.39 is 0 Å². The Morgan fingerprint density at radius 2 is 1.19 bits per heavy atom. The molecule has 2 aliphatic rings. The summed E-state index contributed by atoms with van der Waals surface area (Å²) in [6.07, 6.45) is -0.160. The van der Waals surface area contributed by atoms with Gasteiger partial charge in [0.15, 0.2) is 0 Å². The number of ether oxygens (including phenoxy) is 4. The lowest BCUT2D eigenvalue weighted by molar-refractivity contribution is -0.105. The van der Waals surface area contributed by atoms with Crippen LogP contribution in [0.5, 0.6) is 0 Å². The van der Waals surface area contributed by atoms with Gasteiger partial charge >= 0.3 is 0 Å². The molecule has 0 bridgehead atoms. The Labute approximate surface area is 95.1 Å². The van der Waals surface area contributed by atoms with Crippen LogP contribution in [0.15, 0.2) is 0 Å². The third kappa shape index (κ3) is 5.74. The van der Waals surface area contributed by atoms with Crippen molar-refractivity contribution in [2.24, 2.45) is 0 Å². The van der Waals surface area contributed by atoms with Crippen molar-refractivity contribution >= 4 is 0 Å². The van der Waals surface area contributed by atoms with Gasteiger partial charge in [-0.15, -0.1) is 0 Å². The Kier molecular flexibility index (Phi) is 7.65. The molecule has 2 aliphatic heterocycles. The zero-order chi connectivity index (χ0) is 11.6. The highest BCUT2D eigenvalue weighted by atomic mass is 16.6. The zero-order valence-corrected chi connectivity index (χ0v) is 9.34. The lowest BCUT2D eigenvalue weighted by Crippen LogP contribution is -2.31. The van der Waals surface area contributed by atoms with Crippen molar-refractivity contribution in [1.29, 1.82) is 0 Å². The Balaban J connectivity index is 0.000000160. The largest absolute Gasteiger partial charge is 0.394 e. The quantitative estimate of drug-likeness (QED) is 0.626. The smallest absolute Gasteiger partial charge is 0.104 e. The molecule has 0 aromatic heterocycles. The SMILES string of the molecule is OCC1COCCO1.OCC1COCCO1. The van der Waals surface area contributed by atoms with Gasteiger partial charge in [-0.05, 0) is 0 Å². The van der Waals surface area contributed by atoms with Gasteiger partial charge in [0.05, 0.1) is 52.9 Å². The molecule has 0 aromatic rings. The van der Waals surface area contributed by atoms with Crippen molar-refractivity contribution in [2.45, 2.75) is 12.2 Å². The van der Waals surface area contributed by atoms with Crippen LogP contribution in [-0.2, 0) is 18.9 Å². The molecular formula is C10H20O6. The van der Waals surface area contributed by atoms with Gasteiger partial charge in [-0.3, -0.25) is 0 Å². The Bertz CT molecular complexity index is 135. The maximum absolute atomic E-state index is 8.49.